The minimum absolute atomic E-state index is 0.138. The van der Waals surface area contributed by atoms with Crippen molar-refractivity contribution in [2.24, 2.45) is 5.73 Å². The van der Waals surface area contributed by atoms with Crippen LogP contribution in [0.25, 0.3) is 0 Å². The summed E-state index contributed by atoms with van der Waals surface area (Å²) in [7, 11) is 1.98. The Morgan fingerprint density at radius 3 is 2.71 bits per heavy atom. The molecular weight excluding hydrogens is 262 g/mol. The van der Waals surface area contributed by atoms with E-state index in [-0.39, 0.29) is 5.91 Å². The Kier molecular flexibility index (Phi) is 6.21. The smallest absolute Gasteiger partial charge is 0.234 e. The van der Waals surface area contributed by atoms with E-state index in [0.29, 0.717) is 19.1 Å². The number of hydrogen-bond acceptors (Lipinski definition) is 3. The van der Waals surface area contributed by atoms with Gasteiger partial charge in [0.25, 0.3) is 0 Å². The second kappa shape index (κ2) is 8.15. The number of nitrogens with two attached hydrogens (primary N) is 1. The Hall–Kier alpha value is -1.39. The largest absolute Gasteiger partial charge is 0.352 e. The van der Waals surface area contributed by atoms with Gasteiger partial charge >= 0.3 is 0 Å². The Bertz CT molecular complexity index is 455. The van der Waals surface area contributed by atoms with Gasteiger partial charge in [0.2, 0.25) is 5.91 Å². The molecule has 4 nitrogen and oxygen atoms in total. The molecule has 0 unspecified atom stereocenters. The number of benzene rings is 1. The first kappa shape index (κ1) is 16.0. The molecule has 21 heavy (non-hydrogen) atoms. The normalized spacial score (nSPS) is 16.1. The van der Waals surface area contributed by atoms with Gasteiger partial charge in [0.15, 0.2) is 0 Å². The third-order valence-corrected chi connectivity index (χ3v) is 4.06. The summed E-state index contributed by atoms with van der Waals surface area (Å²) in [4.78, 5) is 14.1. The number of carbonyl (C=O) groups excluding carboxylic acids is 1. The lowest BCUT2D eigenvalue weighted by molar-refractivity contribution is -0.123. The molecule has 1 aliphatic rings. The molecule has 0 saturated heterocycles. The van der Waals surface area contributed by atoms with Crippen LogP contribution in [0, 0.1) is 0 Å². The fourth-order valence-electron chi connectivity index (χ4n) is 2.99. The quantitative estimate of drug-likeness (QED) is 0.842. The van der Waals surface area contributed by atoms with Gasteiger partial charge in [-0.15, -0.1) is 0 Å². The molecule has 1 amide bonds. The van der Waals surface area contributed by atoms with E-state index in [9.17, 15) is 4.79 Å². The van der Waals surface area contributed by atoms with E-state index in [1.54, 1.807) is 0 Å². The molecule has 0 heterocycles. The van der Waals surface area contributed by atoms with E-state index in [4.69, 9.17) is 5.73 Å². The number of nitrogens with one attached hydrogen (secondary N) is 1. The first-order chi connectivity index (χ1) is 10.2. The first-order valence-corrected chi connectivity index (χ1v) is 7.93. The molecule has 1 aliphatic carbocycles. The molecule has 1 fully saturated rings. The Morgan fingerprint density at radius 2 is 2.00 bits per heavy atom. The van der Waals surface area contributed by atoms with Gasteiger partial charge < -0.3 is 11.1 Å². The summed E-state index contributed by atoms with van der Waals surface area (Å²) in [6.45, 7) is 1.77. The Balaban J connectivity index is 1.77. The van der Waals surface area contributed by atoms with E-state index in [2.05, 4.69) is 17.4 Å². The van der Waals surface area contributed by atoms with Gasteiger partial charge in [-0.25, -0.2) is 0 Å². The minimum atomic E-state index is 0.138. The highest BCUT2D eigenvalue weighted by Gasteiger charge is 2.16. The zero-order valence-corrected chi connectivity index (χ0v) is 13.0. The van der Waals surface area contributed by atoms with Gasteiger partial charge in [0.05, 0.1) is 6.54 Å². The molecule has 0 aromatic heterocycles. The summed E-state index contributed by atoms with van der Waals surface area (Å²) >= 11 is 0. The summed E-state index contributed by atoms with van der Waals surface area (Å²) in [6.07, 6.45) is 6.06. The predicted molar refractivity (Wildman–Crippen MR) is 85.7 cm³/mol. The van der Waals surface area contributed by atoms with Crippen LogP contribution >= 0.6 is 0 Å². The fraction of sp³-hybridized carbons (Fsp3) is 0.588. The van der Waals surface area contributed by atoms with Crippen LogP contribution < -0.4 is 11.1 Å². The number of likely N-dealkylation sites (N-methyl/N-ethyl adjacent to an activating group) is 1. The SMILES string of the molecule is CN(CC(=O)NC1CCCCC1)Cc1cccc(CN)c1. The monoisotopic (exact) mass is 289 g/mol. The van der Waals surface area contributed by atoms with Crippen LogP contribution in [0.3, 0.4) is 0 Å². The first-order valence-electron chi connectivity index (χ1n) is 7.93. The highest BCUT2D eigenvalue weighted by atomic mass is 16.2. The minimum Gasteiger partial charge on any atom is -0.352 e. The average Bonchev–Trinajstić information content (AvgIpc) is 2.48. The molecule has 0 bridgehead atoms. The second-order valence-corrected chi connectivity index (χ2v) is 6.10. The summed E-state index contributed by atoms with van der Waals surface area (Å²) in [6, 6.07) is 8.62. The van der Waals surface area contributed by atoms with Crippen molar-refractivity contribution in [2.45, 2.75) is 51.2 Å². The van der Waals surface area contributed by atoms with E-state index in [1.165, 1.54) is 24.8 Å². The standard InChI is InChI=1S/C17H27N3O/c1-20(12-15-7-5-6-14(10-15)11-18)13-17(21)19-16-8-3-2-4-9-16/h5-7,10,16H,2-4,8-9,11-13,18H2,1H3,(H,19,21). The van der Waals surface area contributed by atoms with Gasteiger partial charge in [-0.05, 0) is 31.0 Å². The summed E-state index contributed by atoms with van der Waals surface area (Å²) in [5.41, 5.74) is 7.99. The predicted octanol–water partition coefficient (Wildman–Crippen LogP) is 2.03. The average molecular weight is 289 g/mol. The van der Waals surface area contributed by atoms with Crippen LogP contribution in [-0.4, -0.2) is 30.4 Å². The van der Waals surface area contributed by atoms with Crippen LogP contribution in [-0.2, 0) is 17.9 Å². The topological polar surface area (TPSA) is 58.4 Å². The van der Waals surface area contributed by atoms with Gasteiger partial charge in [0.1, 0.15) is 0 Å². The van der Waals surface area contributed by atoms with E-state index in [1.807, 2.05) is 24.1 Å². The lowest BCUT2D eigenvalue weighted by Crippen LogP contribution is -2.41. The summed E-state index contributed by atoms with van der Waals surface area (Å²) in [5, 5.41) is 3.16. The van der Waals surface area contributed by atoms with Gasteiger partial charge in [-0.1, -0.05) is 43.5 Å². The van der Waals surface area contributed by atoms with Crippen molar-refractivity contribution in [2.75, 3.05) is 13.6 Å². The van der Waals surface area contributed by atoms with E-state index < -0.39 is 0 Å². The molecule has 0 aliphatic heterocycles. The molecule has 1 aromatic rings. The number of carbonyl (C=O) groups is 1. The zero-order chi connectivity index (χ0) is 15.1. The van der Waals surface area contributed by atoms with Crippen LogP contribution in [0.2, 0.25) is 0 Å². The number of hydrogen-bond donors (Lipinski definition) is 2. The summed E-state index contributed by atoms with van der Waals surface area (Å²) in [5.74, 6) is 0.138. The Labute approximate surface area is 127 Å². The van der Waals surface area contributed by atoms with Crippen molar-refractivity contribution >= 4 is 5.91 Å². The zero-order valence-electron chi connectivity index (χ0n) is 13.0. The molecule has 1 aromatic carbocycles. The van der Waals surface area contributed by atoms with Crippen molar-refractivity contribution in [3.05, 3.63) is 35.4 Å². The molecule has 2 rings (SSSR count). The maximum atomic E-state index is 12.1. The lowest BCUT2D eigenvalue weighted by atomic mass is 9.95. The number of rotatable bonds is 6. The van der Waals surface area contributed by atoms with E-state index >= 15 is 0 Å². The third kappa shape index (κ3) is 5.48. The molecule has 3 N–H and O–H groups in total. The van der Waals surface area contributed by atoms with Crippen LogP contribution in [0.4, 0.5) is 0 Å². The molecule has 0 spiro atoms. The third-order valence-electron chi connectivity index (χ3n) is 4.06. The molecule has 116 valence electrons. The van der Waals surface area contributed by atoms with Crippen LogP contribution in [0.5, 0.6) is 0 Å². The van der Waals surface area contributed by atoms with Crippen molar-refractivity contribution in [1.82, 2.24) is 10.2 Å². The Morgan fingerprint density at radius 1 is 1.29 bits per heavy atom. The van der Waals surface area contributed by atoms with Crippen molar-refractivity contribution in [3.8, 4) is 0 Å². The number of amides is 1. The maximum Gasteiger partial charge on any atom is 0.234 e. The molecule has 1 saturated carbocycles. The van der Waals surface area contributed by atoms with Gasteiger partial charge in [0, 0.05) is 19.1 Å². The highest BCUT2D eigenvalue weighted by Crippen LogP contribution is 2.17. The van der Waals surface area contributed by atoms with Crippen LogP contribution in [0.1, 0.15) is 43.2 Å². The number of nitrogens with zero attached hydrogens (tertiary/aromatic N) is 1. The van der Waals surface area contributed by atoms with Gasteiger partial charge in [-0.3, -0.25) is 9.69 Å². The molecule has 0 radical (unpaired) electrons. The second-order valence-electron chi connectivity index (χ2n) is 6.10. The van der Waals surface area contributed by atoms with E-state index in [0.717, 1.165) is 24.9 Å². The molecule has 4 heteroatoms. The van der Waals surface area contributed by atoms with Crippen molar-refractivity contribution in [1.29, 1.82) is 0 Å². The van der Waals surface area contributed by atoms with Crippen molar-refractivity contribution in [3.63, 3.8) is 0 Å². The summed E-state index contributed by atoms with van der Waals surface area (Å²) < 4.78 is 0. The van der Waals surface area contributed by atoms with Gasteiger partial charge in [-0.2, -0.15) is 0 Å². The maximum absolute atomic E-state index is 12.1. The molecular formula is C17H27N3O. The van der Waals surface area contributed by atoms with Crippen LogP contribution in [0.15, 0.2) is 24.3 Å². The van der Waals surface area contributed by atoms with Crippen molar-refractivity contribution < 1.29 is 4.79 Å². The fourth-order valence-corrected chi connectivity index (χ4v) is 2.99. The molecule has 0 atom stereocenters. The highest BCUT2D eigenvalue weighted by molar-refractivity contribution is 5.78. The lowest BCUT2D eigenvalue weighted by Gasteiger charge is -2.24.